The van der Waals surface area contributed by atoms with Gasteiger partial charge < -0.3 is 5.11 Å². The van der Waals surface area contributed by atoms with E-state index in [4.69, 9.17) is 0 Å². The minimum atomic E-state index is -0.728. The molecule has 0 bridgehead atoms. The van der Waals surface area contributed by atoms with Crippen LogP contribution in [0.3, 0.4) is 0 Å². The Balaban J connectivity index is 2.18. The van der Waals surface area contributed by atoms with Crippen LogP contribution in [-0.2, 0) is 20.4 Å². The summed E-state index contributed by atoms with van der Waals surface area (Å²) in [7, 11) is 0. The van der Waals surface area contributed by atoms with E-state index in [2.05, 4.69) is 83.1 Å². The second-order valence-electron chi connectivity index (χ2n) is 14.3. The molecule has 204 valence electrons. The number of rotatable bonds is 2. The maximum absolute atomic E-state index is 13.5. The van der Waals surface area contributed by atoms with Crippen molar-refractivity contribution in [2.45, 2.75) is 93.9 Å². The second-order valence-corrected chi connectivity index (χ2v) is 16.5. The monoisotopic (exact) mass is 550 g/mol. The summed E-state index contributed by atoms with van der Waals surface area (Å²) in [5, 5.41) is 13.5. The minimum Gasteiger partial charge on any atom is -0.871 e. The molecule has 0 saturated heterocycles. The van der Waals surface area contributed by atoms with E-state index >= 15 is 0 Å². The van der Waals surface area contributed by atoms with E-state index < -0.39 is 17.3 Å². The van der Waals surface area contributed by atoms with Crippen molar-refractivity contribution < 1.29 is 14.7 Å². The SMILES string of the molecule is CC(C)(C)C1=CC(=CC2=C([O-])/C(=C\c3cc(C(C)(C)C)[s+]c(C(C)(C)C)c3)C(=O)C2=O)C=C(C(C)(C)C)S1. The Labute approximate surface area is 237 Å². The van der Waals surface area contributed by atoms with E-state index in [0.29, 0.717) is 0 Å². The fourth-order valence-electron chi connectivity index (χ4n) is 3.88. The first-order valence-electron chi connectivity index (χ1n) is 13.1. The molecule has 1 aliphatic heterocycles. The first-order chi connectivity index (χ1) is 17.1. The summed E-state index contributed by atoms with van der Waals surface area (Å²) in [5.74, 6) is -1.95. The summed E-state index contributed by atoms with van der Waals surface area (Å²) in [6.45, 7) is 25.8. The molecule has 3 rings (SSSR count). The molecule has 1 aliphatic carbocycles. The molecular formula is C33H42O3S2. The van der Waals surface area contributed by atoms with Crippen LogP contribution in [0.5, 0.6) is 0 Å². The lowest BCUT2D eigenvalue weighted by molar-refractivity contribution is -0.296. The summed E-state index contributed by atoms with van der Waals surface area (Å²) in [4.78, 5) is 30.8. The quantitative estimate of drug-likeness (QED) is 0.211. The average Bonchev–Trinajstić information content (AvgIpc) is 2.94. The lowest BCUT2D eigenvalue weighted by Gasteiger charge is -2.32. The van der Waals surface area contributed by atoms with Crippen LogP contribution in [0.2, 0.25) is 0 Å². The van der Waals surface area contributed by atoms with Gasteiger partial charge in [0.1, 0.15) is 0 Å². The Morgan fingerprint density at radius 2 is 1.13 bits per heavy atom. The van der Waals surface area contributed by atoms with Crippen LogP contribution in [0, 0.1) is 10.8 Å². The van der Waals surface area contributed by atoms with Crippen LogP contribution < -0.4 is 5.11 Å². The standard InChI is InChI=1S/C33H42O3S2/c1-30(2,3)23-15-19(16-24(37-23)31(4,5)6)13-21-27(34)22(29(36)28(21)35)14-20-17-25(32(7,8)9)38-26(18-20)33(10,11)12/h13-18H,1-12H3. The smallest absolute Gasteiger partial charge is 0.232 e. The van der Waals surface area contributed by atoms with Gasteiger partial charge >= 0.3 is 0 Å². The maximum Gasteiger partial charge on any atom is 0.232 e. The molecule has 0 unspecified atom stereocenters. The normalized spacial score (nSPS) is 18.8. The number of carbonyl (C=O) groups excluding carboxylic acids is 2. The highest BCUT2D eigenvalue weighted by molar-refractivity contribution is 8.06. The Morgan fingerprint density at radius 3 is 1.53 bits per heavy atom. The number of allylic oxidation sites excluding steroid dienone is 8. The average molecular weight is 551 g/mol. The molecule has 0 radical (unpaired) electrons. The number of hydrogen-bond donors (Lipinski definition) is 0. The Kier molecular flexibility index (Phi) is 8.02. The number of thioether (sulfide) groups is 1. The predicted molar refractivity (Wildman–Crippen MR) is 162 cm³/mol. The third kappa shape index (κ3) is 6.66. The molecule has 3 nitrogen and oxygen atoms in total. The van der Waals surface area contributed by atoms with Crippen LogP contribution >= 0.6 is 23.1 Å². The molecule has 1 aromatic rings. The molecule has 0 spiro atoms. The molecule has 5 heteroatoms. The van der Waals surface area contributed by atoms with Gasteiger partial charge in [-0.15, -0.1) is 0 Å². The van der Waals surface area contributed by atoms with E-state index in [1.807, 2.05) is 24.3 Å². The molecule has 2 aliphatic rings. The Hall–Kier alpha value is -2.24. The Morgan fingerprint density at radius 1 is 0.684 bits per heavy atom. The molecule has 38 heavy (non-hydrogen) atoms. The van der Waals surface area contributed by atoms with Gasteiger partial charge in [-0.2, -0.15) is 0 Å². The first kappa shape index (κ1) is 30.3. The van der Waals surface area contributed by atoms with Crippen LogP contribution in [0.25, 0.3) is 6.08 Å². The van der Waals surface area contributed by atoms with Gasteiger partial charge in [-0.05, 0) is 56.1 Å². The molecule has 0 atom stereocenters. The van der Waals surface area contributed by atoms with Crippen molar-refractivity contribution in [3.63, 3.8) is 0 Å². The fourth-order valence-corrected chi connectivity index (χ4v) is 6.36. The molecule has 2 heterocycles. The number of carbonyl (C=O) groups is 2. The van der Waals surface area contributed by atoms with Gasteiger partial charge in [-0.25, -0.2) is 0 Å². The zero-order valence-electron chi connectivity index (χ0n) is 25.0. The van der Waals surface area contributed by atoms with Crippen molar-refractivity contribution in [1.29, 1.82) is 0 Å². The van der Waals surface area contributed by atoms with Crippen molar-refractivity contribution in [2.24, 2.45) is 10.8 Å². The predicted octanol–water partition coefficient (Wildman–Crippen LogP) is 8.31. The summed E-state index contributed by atoms with van der Waals surface area (Å²) < 4.78 is 0. The number of hydrogen-bond acceptors (Lipinski definition) is 4. The molecule has 0 saturated carbocycles. The van der Waals surface area contributed by atoms with E-state index in [1.165, 1.54) is 0 Å². The largest absolute Gasteiger partial charge is 0.871 e. The second kappa shape index (κ2) is 10.1. The number of Topliss-reactive ketones (excluding diaryl/α,β-unsaturated/α-hetero) is 2. The fraction of sp³-hybridized carbons (Fsp3) is 0.485. The van der Waals surface area contributed by atoms with Gasteiger partial charge in [-0.3, -0.25) is 9.59 Å². The van der Waals surface area contributed by atoms with Gasteiger partial charge in [-0.1, -0.05) is 101 Å². The van der Waals surface area contributed by atoms with Gasteiger partial charge in [0.2, 0.25) is 32.7 Å². The van der Waals surface area contributed by atoms with E-state index in [-0.39, 0.29) is 32.8 Å². The molecule has 0 aromatic carbocycles. The molecule has 1 aromatic heterocycles. The van der Waals surface area contributed by atoms with Gasteiger partial charge in [0.15, 0.2) is 0 Å². The van der Waals surface area contributed by atoms with E-state index in [0.717, 1.165) is 30.7 Å². The molecule has 0 amide bonds. The Bertz CT molecular complexity index is 1270. The highest BCUT2D eigenvalue weighted by Crippen LogP contribution is 2.49. The van der Waals surface area contributed by atoms with Crippen molar-refractivity contribution in [3.05, 3.63) is 78.0 Å². The molecule has 0 fully saturated rings. The topological polar surface area (TPSA) is 57.2 Å². The molecule has 0 N–H and O–H groups in total. The third-order valence-electron chi connectivity index (χ3n) is 6.39. The van der Waals surface area contributed by atoms with Crippen molar-refractivity contribution in [3.8, 4) is 0 Å². The third-order valence-corrected chi connectivity index (χ3v) is 10.2. The van der Waals surface area contributed by atoms with Crippen LogP contribution in [0.4, 0.5) is 0 Å². The lowest BCUT2D eigenvalue weighted by Crippen LogP contribution is -2.15. The highest BCUT2D eigenvalue weighted by Gasteiger charge is 2.34. The van der Waals surface area contributed by atoms with E-state index in [9.17, 15) is 14.7 Å². The first-order valence-corrected chi connectivity index (χ1v) is 14.8. The van der Waals surface area contributed by atoms with Gasteiger partial charge in [0.25, 0.3) is 0 Å². The number of ketones is 2. The summed E-state index contributed by atoms with van der Waals surface area (Å²) in [5.41, 5.74) is 1.08. The highest BCUT2D eigenvalue weighted by atomic mass is 32.2. The maximum atomic E-state index is 13.5. The van der Waals surface area contributed by atoms with Crippen LogP contribution in [-0.4, -0.2) is 11.6 Å². The van der Waals surface area contributed by atoms with Gasteiger partial charge in [0, 0.05) is 34.1 Å². The van der Waals surface area contributed by atoms with Crippen molar-refractivity contribution in [1.82, 2.24) is 0 Å². The van der Waals surface area contributed by atoms with Gasteiger partial charge in [0.05, 0.1) is 0 Å². The zero-order valence-corrected chi connectivity index (χ0v) is 26.6. The summed E-state index contributed by atoms with van der Waals surface area (Å²) >= 11 is 3.49. The summed E-state index contributed by atoms with van der Waals surface area (Å²) in [6, 6.07) is 4.06. The zero-order chi connectivity index (χ0) is 29.0. The van der Waals surface area contributed by atoms with Crippen molar-refractivity contribution >= 4 is 40.7 Å². The van der Waals surface area contributed by atoms with Crippen LogP contribution in [0.1, 0.15) is 98.4 Å². The van der Waals surface area contributed by atoms with E-state index in [1.54, 1.807) is 35.3 Å². The minimum absolute atomic E-state index is 0.0528. The lowest BCUT2D eigenvalue weighted by atomic mass is 9.91. The van der Waals surface area contributed by atoms with Crippen molar-refractivity contribution in [2.75, 3.05) is 0 Å². The molecular weight excluding hydrogens is 508 g/mol. The van der Waals surface area contributed by atoms with Crippen LogP contribution in [0.15, 0.2) is 62.6 Å². The summed E-state index contributed by atoms with van der Waals surface area (Å²) in [6.07, 6.45) is 7.27.